The maximum Gasteiger partial charge on any atom is 0.309 e. The Morgan fingerprint density at radius 3 is 2.48 bits per heavy atom. The molecule has 0 aliphatic rings. The molecule has 0 radical (unpaired) electrons. The topological polar surface area (TPSA) is 72.2 Å². The van der Waals surface area contributed by atoms with Gasteiger partial charge in [0, 0.05) is 10.4 Å². The Morgan fingerprint density at radius 1 is 1.04 bits per heavy atom. The van der Waals surface area contributed by atoms with Gasteiger partial charge in [-0.25, -0.2) is 4.68 Å². The van der Waals surface area contributed by atoms with E-state index in [-0.39, 0.29) is 24.2 Å². The fraction of sp³-hybridized carbons (Fsp3) is 0.118. The molecule has 0 amide bonds. The average Bonchev–Trinajstić information content (AvgIpc) is 2.55. The third kappa shape index (κ3) is 3.79. The summed E-state index contributed by atoms with van der Waals surface area (Å²) < 4.78 is 1.22. The summed E-state index contributed by atoms with van der Waals surface area (Å²) in [5.41, 5.74) is 0.648. The van der Waals surface area contributed by atoms with Gasteiger partial charge in [-0.15, -0.1) is 0 Å². The van der Waals surface area contributed by atoms with E-state index in [0.29, 0.717) is 25.8 Å². The van der Waals surface area contributed by atoms with Crippen LogP contribution in [-0.2, 0) is 17.8 Å². The van der Waals surface area contributed by atoms with E-state index >= 15 is 0 Å². The third-order valence-corrected chi connectivity index (χ3v) is 4.61. The zero-order valence-electron chi connectivity index (χ0n) is 12.7. The van der Waals surface area contributed by atoms with Gasteiger partial charge in [-0.3, -0.25) is 9.59 Å². The summed E-state index contributed by atoms with van der Waals surface area (Å²) in [4.78, 5) is 23.8. The van der Waals surface area contributed by atoms with E-state index < -0.39 is 5.97 Å². The molecule has 0 aliphatic heterocycles. The van der Waals surface area contributed by atoms with E-state index in [4.69, 9.17) is 39.9 Å². The highest BCUT2D eigenvalue weighted by Gasteiger charge is 2.14. The number of carboxylic acid groups (broad SMARTS) is 1. The van der Waals surface area contributed by atoms with Gasteiger partial charge in [0.2, 0.25) is 0 Å². The lowest BCUT2D eigenvalue weighted by Gasteiger charge is -2.11. The van der Waals surface area contributed by atoms with Crippen molar-refractivity contribution < 1.29 is 9.90 Å². The van der Waals surface area contributed by atoms with E-state index in [1.807, 2.05) is 0 Å². The maximum atomic E-state index is 12.7. The first kappa shape index (κ1) is 17.7. The number of carbonyl (C=O) groups is 1. The molecule has 128 valence electrons. The predicted molar refractivity (Wildman–Crippen MR) is 97.9 cm³/mol. The van der Waals surface area contributed by atoms with Gasteiger partial charge in [0.25, 0.3) is 5.56 Å². The molecule has 2 aromatic carbocycles. The summed E-state index contributed by atoms with van der Waals surface area (Å²) in [6, 6.07) is 9.69. The molecule has 1 aromatic heterocycles. The van der Waals surface area contributed by atoms with Crippen LogP contribution in [0, 0.1) is 0 Å². The second-order valence-electron chi connectivity index (χ2n) is 5.42. The molecule has 0 aliphatic carbocycles. The zero-order chi connectivity index (χ0) is 18.1. The van der Waals surface area contributed by atoms with Crippen LogP contribution < -0.4 is 5.56 Å². The molecule has 0 fully saturated rings. The molecule has 5 nitrogen and oxygen atoms in total. The Balaban J connectivity index is 2.16. The van der Waals surface area contributed by atoms with Crippen molar-refractivity contribution in [1.82, 2.24) is 9.78 Å². The monoisotopic (exact) mass is 396 g/mol. The van der Waals surface area contributed by atoms with Crippen LogP contribution in [-0.4, -0.2) is 20.9 Å². The third-order valence-electron chi connectivity index (χ3n) is 3.63. The molecular formula is C17H11Cl3N2O3. The lowest BCUT2D eigenvalue weighted by molar-refractivity contribution is -0.136. The van der Waals surface area contributed by atoms with Crippen LogP contribution >= 0.6 is 34.8 Å². The summed E-state index contributed by atoms with van der Waals surface area (Å²) in [5.74, 6) is -1.05. The normalized spacial score (nSPS) is 11.0. The maximum absolute atomic E-state index is 12.7. The van der Waals surface area contributed by atoms with Gasteiger partial charge in [0.15, 0.2) is 0 Å². The molecule has 3 rings (SSSR count). The first-order chi connectivity index (χ1) is 11.8. The number of hydrogen-bond donors (Lipinski definition) is 1. The van der Waals surface area contributed by atoms with Gasteiger partial charge < -0.3 is 5.11 Å². The molecule has 0 atom stereocenters. The largest absolute Gasteiger partial charge is 0.481 e. The zero-order valence-corrected chi connectivity index (χ0v) is 14.9. The SMILES string of the molecule is O=C(O)Cc1nn(Cc2ccc(Cl)c(Cl)c2)c(=O)c2ccc(Cl)cc12. The van der Waals surface area contributed by atoms with E-state index in [0.717, 1.165) is 5.56 Å². The quantitative estimate of drug-likeness (QED) is 0.721. The predicted octanol–water partition coefficient (Wildman–Crippen LogP) is 4.03. The van der Waals surface area contributed by atoms with Crippen molar-refractivity contribution in [2.45, 2.75) is 13.0 Å². The van der Waals surface area contributed by atoms with Crippen molar-refractivity contribution in [1.29, 1.82) is 0 Å². The Kier molecular flexibility index (Phi) is 4.99. The number of aromatic nitrogens is 2. The van der Waals surface area contributed by atoms with Crippen molar-refractivity contribution >= 4 is 51.5 Å². The average molecular weight is 398 g/mol. The Labute approximate surface area is 157 Å². The number of aliphatic carboxylic acids is 1. The Hall–Kier alpha value is -2.08. The van der Waals surface area contributed by atoms with Gasteiger partial charge in [0.1, 0.15) is 0 Å². The molecule has 1 heterocycles. The molecule has 1 N–H and O–H groups in total. The van der Waals surface area contributed by atoms with Gasteiger partial charge >= 0.3 is 5.97 Å². The smallest absolute Gasteiger partial charge is 0.309 e. The fourth-order valence-corrected chi connectivity index (χ4v) is 3.01. The van der Waals surface area contributed by atoms with Gasteiger partial charge in [-0.1, -0.05) is 40.9 Å². The first-order valence-corrected chi connectivity index (χ1v) is 8.33. The second-order valence-corrected chi connectivity index (χ2v) is 6.67. The molecular weight excluding hydrogens is 387 g/mol. The van der Waals surface area contributed by atoms with E-state index in [9.17, 15) is 9.59 Å². The number of fused-ring (bicyclic) bond motifs is 1. The number of hydrogen-bond acceptors (Lipinski definition) is 3. The van der Waals surface area contributed by atoms with Crippen molar-refractivity contribution in [2.75, 3.05) is 0 Å². The van der Waals surface area contributed by atoms with Crippen LogP contribution in [0.5, 0.6) is 0 Å². The summed E-state index contributed by atoms with van der Waals surface area (Å²) >= 11 is 17.9. The van der Waals surface area contributed by atoms with Crippen LogP contribution in [0.25, 0.3) is 10.8 Å². The molecule has 0 spiro atoms. The molecule has 0 bridgehead atoms. The summed E-state index contributed by atoms with van der Waals surface area (Å²) in [5, 5.41) is 15.3. The number of benzene rings is 2. The molecule has 0 saturated heterocycles. The highest BCUT2D eigenvalue weighted by Crippen LogP contribution is 2.23. The van der Waals surface area contributed by atoms with Crippen molar-refractivity contribution in [2.24, 2.45) is 0 Å². The minimum absolute atomic E-state index is 0.140. The lowest BCUT2D eigenvalue weighted by atomic mass is 10.1. The molecule has 0 unspecified atom stereocenters. The Bertz CT molecular complexity index is 1050. The van der Waals surface area contributed by atoms with E-state index in [2.05, 4.69) is 5.10 Å². The van der Waals surface area contributed by atoms with Crippen LogP contribution in [0.15, 0.2) is 41.2 Å². The number of nitrogens with zero attached hydrogens (tertiary/aromatic N) is 2. The van der Waals surface area contributed by atoms with E-state index in [1.165, 1.54) is 4.68 Å². The standard InChI is InChI=1S/C17H11Cl3N2O3/c18-10-2-3-11-12(6-10)15(7-16(23)24)21-22(17(11)25)8-9-1-4-13(19)14(20)5-9/h1-6H,7-8H2,(H,23,24). The van der Waals surface area contributed by atoms with E-state index in [1.54, 1.807) is 36.4 Å². The fourth-order valence-electron chi connectivity index (χ4n) is 2.52. The molecule has 8 heteroatoms. The van der Waals surface area contributed by atoms with Crippen molar-refractivity contribution in [3.8, 4) is 0 Å². The minimum Gasteiger partial charge on any atom is -0.481 e. The highest BCUT2D eigenvalue weighted by molar-refractivity contribution is 6.42. The summed E-state index contributed by atoms with van der Waals surface area (Å²) in [6.45, 7) is 0.140. The molecule has 25 heavy (non-hydrogen) atoms. The van der Waals surface area contributed by atoms with Gasteiger partial charge in [0.05, 0.1) is 34.1 Å². The van der Waals surface area contributed by atoms with Crippen molar-refractivity contribution in [3.05, 3.63) is 73.1 Å². The first-order valence-electron chi connectivity index (χ1n) is 7.20. The van der Waals surface area contributed by atoms with Gasteiger partial charge in [-0.2, -0.15) is 5.10 Å². The molecule has 3 aromatic rings. The Morgan fingerprint density at radius 2 is 1.80 bits per heavy atom. The molecule has 0 saturated carbocycles. The summed E-state index contributed by atoms with van der Waals surface area (Å²) in [6.07, 6.45) is -0.321. The van der Waals surface area contributed by atoms with Crippen molar-refractivity contribution in [3.63, 3.8) is 0 Å². The summed E-state index contributed by atoms with van der Waals surface area (Å²) in [7, 11) is 0. The van der Waals surface area contributed by atoms with Crippen LogP contribution in [0.3, 0.4) is 0 Å². The minimum atomic E-state index is -1.05. The van der Waals surface area contributed by atoms with Crippen LogP contribution in [0.4, 0.5) is 0 Å². The van der Waals surface area contributed by atoms with Gasteiger partial charge in [-0.05, 0) is 35.9 Å². The van der Waals surface area contributed by atoms with Crippen LogP contribution in [0.1, 0.15) is 11.3 Å². The number of rotatable bonds is 4. The lowest BCUT2D eigenvalue weighted by Crippen LogP contribution is -2.26. The number of halogens is 3. The second kappa shape index (κ2) is 7.04. The number of carboxylic acids is 1. The highest BCUT2D eigenvalue weighted by atomic mass is 35.5. The van der Waals surface area contributed by atoms with Crippen LogP contribution in [0.2, 0.25) is 15.1 Å².